The van der Waals surface area contributed by atoms with Gasteiger partial charge in [-0.2, -0.15) is 0 Å². The summed E-state index contributed by atoms with van der Waals surface area (Å²) in [5, 5.41) is 12.6. The fourth-order valence-electron chi connectivity index (χ4n) is 1.90. The summed E-state index contributed by atoms with van der Waals surface area (Å²) in [4.78, 5) is 11.2. The smallest absolute Gasteiger partial charge is 0.228 e. The van der Waals surface area contributed by atoms with Gasteiger partial charge >= 0.3 is 0 Å². The lowest BCUT2D eigenvalue weighted by Crippen LogP contribution is -2.13. The van der Waals surface area contributed by atoms with Crippen LogP contribution in [0.5, 0.6) is 0 Å². The van der Waals surface area contributed by atoms with Gasteiger partial charge in [-0.3, -0.25) is 4.79 Å². The van der Waals surface area contributed by atoms with E-state index < -0.39 is 15.9 Å². The van der Waals surface area contributed by atoms with Crippen molar-refractivity contribution < 1.29 is 18.3 Å². The Hall–Kier alpha value is -0.920. The highest BCUT2D eigenvalue weighted by atomic mass is 79.9. The standard InChI is InChI=1S/C11H12BrNO4S/c1-18(16,17)5-10(14)7-2-6-3-11(15)13-9(6)4-8(7)12/h2,4,10,14H,3,5H2,1H3,(H,13,15). The van der Waals surface area contributed by atoms with Gasteiger partial charge in [-0.25, -0.2) is 8.42 Å². The quantitative estimate of drug-likeness (QED) is 0.865. The summed E-state index contributed by atoms with van der Waals surface area (Å²) in [6.07, 6.45) is 0.222. The highest BCUT2D eigenvalue weighted by molar-refractivity contribution is 9.10. The van der Waals surface area contributed by atoms with E-state index in [-0.39, 0.29) is 18.1 Å². The molecule has 1 aliphatic heterocycles. The highest BCUT2D eigenvalue weighted by Gasteiger charge is 2.23. The van der Waals surface area contributed by atoms with Gasteiger partial charge in [0.15, 0.2) is 0 Å². The minimum atomic E-state index is -3.27. The van der Waals surface area contributed by atoms with Gasteiger partial charge in [0.25, 0.3) is 0 Å². The van der Waals surface area contributed by atoms with E-state index in [1.807, 2.05) is 0 Å². The summed E-state index contributed by atoms with van der Waals surface area (Å²) in [6, 6.07) is 3.34. The van der Waals surface area contributed by atoms with Crippen LogP contribution >= 0.6 is 15.9 Å². The van der Waals surface area contributed by atoms with Crippen molar-refractivity contribution in [2.24, 2.45) is 0 Å². The normalized spacial score (nSPS) is 16.3. The van der Waals surface area contributed by atoms with Crippen molar-refractivity contribution in [2.45, 2.75) is 12.5 Å². The van der Waals surface area contributed by atoms with Crippen LogP contribution in [0.15, 0.2) is 16.6 Å². The number of amides is 1. The third-order valence-electron chi connectivity index (χ3n) is 2.67. The van der Waals surface area contributed by atoms with Crippen molar-refractivity contribution in [3.8, 4) is 0 Å². The summed E-state index contributed by atoms with van der Waals surface area (Å²) < 4.78 is 22.9. The number of halogens is 1. The van der Waals surface area contributed by atoms with Crippen LogP contribution in [0.1, 0.15) is 17.2 Å². The first-order chi connectivity index (χ1) is 8.26. The average Bonchev–Trinajstić information content (AvgIpc) is 2.53. The van der Waals surface area contributed by atoms with Crippen LogP contribution in [0.2, 0.25) is 0 Å². The van der Waals surface area contributed by atoms with Gasteiger partial charge in [0.2, 0.25) is 5.91 Å². The Morgan fingerprint density at radius 2 is 2.17 bits per heavy atom. The Labute approximate surface area is 113 Å². The molecule has 2 N–H and O–H groups in total. The van der Waals surface area contributed by atoms with Gasteiger partial charge in [-0.1, -0.05) is 15.9 Å². The van der Waals surface area contributed by atoms with Crippen LogP contribution in [0.25, 0.3) is 0 Å². The molecule has 98 valence electrons. The second-order valence-electron chi connectivity index (χ2n) is 4.36. The van der Waals surface area contributed by atoms with E-state index in [0.29, 0.717) is 15.7 Å². The van der Waals surface area contributed by atoms with Crippen LogP contribution in [0.4, 0.5) is 5.69 Å². The molecule has 1 heterocycles. The van der Waals surface area contributed by atoms with Gasteiger partial charge in [0, 0.05) is 16.4 Å². The molecule has 0 radical (unpaired) electrons. The predicted octanol–water partition coefficient (Wildman–Crippen LogP) is 1.02. The summed E-state index contributed by atoms with van der Waals surface area (Å²) in [5.41, 5.74) is 1.95. The minimum Gasteiger partial charge on any atom is -0.387 e. The fourth-order valence-corrected chi connectivity index (χ4v) is 3.26. The van der Waals surface area contributed by atoms with Gasteiger partial charge in [-0.15, -0.1) is 0 Å². The van der Waals surface area contributed by atoms with Crippen LogP contribution in [-0.4, -0.2) is 31.4 Å². The SMILES string of the molecule is CS(=O)(=O)CC(O)c1cc2c(cc1Br)NC(=O)C2. The monoisotopic (exact) mass is 333 g/mol. The first-order valence-electron chi connectivity index (χ1n) is 5.24. The Morgan fingerprint density at radius 3 is 2.78 bits per heavy atom. The van der Waals surface area contributed by atoms with E-state index >= 15 is 0 Å². The van der Waals surface area contributed by atoms with E-state index in [0.717, 1.165) is 11.8 Å². The molecule has 1 aromatic rings. The summed E-state index contributed by atoms with van der Waals surface area (Å²) in [7, 11) is -3.27. The Bertz CT molecular complexity index is 612. The van der Waals surface area contributed by atoms with Crippen molar-refractivity contribution in [1.82, 2.24) is 0 Å². The largest absolute Gasteiger partial charge is 0.387 e. The molecule has 0 spiro atoms. The van der Waals surface area contributed by atoms with Crippen LogP contribution in [0, 0.1) is 0 Å². The third kappa shape index (κ3) is 2.90. The number of benzene rings is 1. The van der Waals surface area contributed by atoms with Gasteiger partial charge in [-0.05, 0) is 23.3 Å². The summed E-state index contributed by atoms with van der Waals surface area (Å²) in [5.74, 6) is -0.446. The molecule has 0 aliphatic carbocycles. The molecule has 5 nitrogen and oxygen atoms in total. The number of aliphatic hydroxyl groups is 1. The molecule has 0 saturated carbocycles. The number of nitrogens with one attached hydrogen (secondary N) is 1. The summed E-state index contributed by atoms with van der Waals surface area (Å²) >= 11 is 3.27. The number of aliphatic hydroxyl groups excluding tert-OH is 1. The van der Waals surface area contributed by atoms with Crippen molar-refractivity contribution in [3.63, 3.8) is 0 Å². The average molecular weight is 334 g/mol. The molecule has 1 aliphatic rings. The zero-order chi connectivity index (χ0) is 13.5. The maximum Gasteiger partial charge on any atom is 0.228 e. The zero-order valence-corrected chi connectivity index (χ0v) is 12.0. The maximum atomic E-state index is 11.2. The molecule has 0 aromatic heterocycles. The molecule has 1 amide bonds. The number of carbonyl (C=O) groups is 1. The Balaban J connectivity index is 2.35. The molecule has 0 saturated heterocycles. The maximum absolute atomic E-state index is 11.2. The van der Waals surface area contributed by atoms with Gasteiger partial charge in [0.05, 0.1) is 18.3 Å². The van der Waals surface area contributed by atoms with Crippen molar-refractivity contribution in [3.05, 3.63) is 27.7 Å². The number of hydrogen-bond acceptors (Lipinski definition) is 4. The first-order valence-corrected chi connectivity index (χ1v) is 8.09. The second-order valence-corrected chi connectivity index (χ2v) is 7.40. The van der Waals surface area contributed by atoms with Gasteiger partial charge in [0.1, 0.15) is 9.84 Å². The van der Waals surface area contributed by atoms with E-state index in [1.54, 1.807) is 12.1 Å². The predicted molar refractivity (Wildman–Crippen MR) is 71.1 cm³/mol. The van der Waals surface area contributed by atoms with E-state index in [4.69, 9.17) is 0 Å². The number of rotatable bonds is 3. The van der Waals surface area contributed by atoms with Crippen molar-refractivity contribution in [1.29, 1.82) is 0 Å². The molecule has 1 atom stereocenters. The number of sulfone groups is 1. The molecule has 18 heavy (non-hydrogen) atoms. The molecule has 1 aromatic carbocycles. The minimum absolute atomic E-state index is 0.105. The van der Waals surface area contributed by atoms with E-state index in [2.05, 4.69) is 21.2 Å². The lowest BCUT2D eigenvalue weighted by molar-refractivity contribution is -0.115. The van der Waals surface area contributed by atoms with Crippen LogP contribution in [0.3, 0.4) is 0 Å². The van der Waals surface area contributed by atoms with Crippen LogP contribution < -0.4 is 5.32 Å². The second kappa shape index (κ2) is 4.64. The highest BCUT2D eigenvalue weighted by Crippen LogP contribution is 2.33. The molecular weight excluding hydrogens is 322 g/mol. The number of hydrogen-bond donors (Lipinski definition) is 2. The van der Waals surface area contributed by atoms with Crippen molar-refractivity contribution in [2.75, 3.05) is 17.3 Å². The number of carbonyl (C=O) groups excluding carboxylic acids is 1. The topological polar surface area (TPSA) is 83.5 Å². The molecule has 0 bridgehead atoms. The molecule has 2 rings (SSSR count). The lowest BCUT2D eigenvalue weighted by Gasteiger charge is -2.13. The van der Waals surface area contributed by atoms with E-state index in [9.17, 15) is 18.3 Å². The fraction of sp³-hybridized carbons (Fsp3) is 0.364. The molecular formula is C11H12BrNO4S. The van der Waals surface area contributed by atoms with E-state index in [1.165, 1.54) is 0 Å². The Morgan fingerprint density at radius 1 is 1.50 bits per heavy atom. The zero-order valence-electron chi connectivity index (χ0n) is 9.60. The van der Waals surface area contributed by atoms with Gasteiger partial charge < -0.3 is 10.4 Å². The number of anilines is 1. The first kappa shape index (κ1) is 13.5. The number of fused-ring (bicyclic) bond motifs is 1. The lowest BCUT2D eigenvalue weighted by atomic mass is 10.1. The van der Waals surface area contributed by atoms with Crippen LogP contribution in [-0.2, 0) is 21.1 Å². The molecule has 7 heteroatoms. The molecule has 0 fully saturated rings. The summed E-state index contributed by atoms with van der Waals surface area (Å²) in [6.45, 7) is 0. The Kier molecular flexibility index (Phi) is 3.48. The van der Waals surface area contributed by atoms with Crippen molar-refractivity contribution >= 4 is 37.4 Å². The third-order valence-corrected chi connectivity index (χ3v) is 4.28. The molecule has 1 unspecified atom stereocenters.